The minimum absolute atomic E-state index is 0.142. The Hall–Kier alpha value is -3.95. The first-order valence-electron chi connectivity index (χ1n) is 10.3. The first-order chi connectivity index (χ1) is 15.9. The van der Waals surface area contributed by atoms with Gasteiger partial charge in [-0.2, -0.15) is 5.10 Å². The number of nitrogens with one attached hydrogen (secondary N) is 2. The number of aryl methyl sites for hydroxylation is 1. The third-order valence-electron chi connectivity index (χ3n) is 4.84. The Labute approximate surface area is 189 Å². The first-order valence-corrected chi connectivity index (χ1v) is 10.3. The monoisotopic (exact) mass is 457 g/mol. The number of benzene rings is 2. The lowest BCUT2D eigenvalue weighted by Crippen LogP contribution is -2.26. The molecule has 3 rings (SSSR count). The predicted molar refractivity (Wildman–Crippen MR) is 118 cm³/mol. The predicted octanol–water partition coefficient (Wildman–Crippen LogP) is 3.41. The number of hydrogen-bond acceptors (Lipinski definition) is 7. The lowest BCUT2D eigenvalue weighted by molar-refractivity contribution is -0.145. The molecular weight excluding hydrogens is 433 g/mol. The standard InChI is InChI=1S/C23H24FN3O6/c1-3-32-21(28)12-17-7-5-15-11-16(6-9-20(15)33-17)26-22(29)18-8-4-14(10-19(18)24)13-25-27-23(30)31-2/h4,6,8-11,13,17H,3,5,7,12H2,1-2H3,(H,26,29)(H,27,30). The van der Waals surface area contributed by atoms with Gasteiger partial charge in [-0.15, -0.1) is 0 Å². The number of carbonyl (C=O) groups excluding carboxylic acids is 3. The molecular formula is C23H24FN3O6. The molecule has 0 spiro atoms. The van der Waals surface area contributed by atoms with Crippen molar-refractivity contribution in [2.75, 3.05) is 19.0 Å². The smallest absolute Gasteiger partial charge is 0.427 e. The molecule has 2 N–H and O–H groups in total. The van der Waals surface area contributed by atoms with Crippen LogP contribution >= 0.6 is 0 Å². The van der Waals surface area contributed by atoms with Crippen LogP contribution in [0.25, 0.3) is 0 Å². The molecule has 1 aliphatic rings. The van der Waals surface area contributed by atoms with E-state index >= 15 is 0 Å². The molecule has 1 heterocycles. The Morgan fingerprint density at radius 1 is 1.24 bits per heavy atom. The van der Waals surface area contributed by atoms with Crippen molar-refractivity contribution in [3.8, 4) is 5.75 Å². The van der Waals surface area contributed by atoms with E-state index in [4.69, 9.17) is 9.47 Å². The molecule has 0 saturated heterocycles. The van der Waals surface area contributed by atoms with Gasteiger partial charge in [0.05, 0.1) is 31.9 Å². The van der Waals surface area contributed by atoms with Crippen molar-refractivity contribution in [1.29, 1.82) is 0 Å². The fourth-order valence-electron chi connectivity index (χ4n) is 3.27. The van der Waals surface area contributed by atoms with Gasteiger partial charge in [-0.1, -0.05) is 6.07 Å². The number of fused-ring (bicyclic) bond motifs is 1. The summed E-state index contributed by atoms with van der Waals surface area (Å²) in [6.45, 7) is 2.08. The highest BCUT2D eigenvalue weighted by Gasteiger charge is 2.23. The molecule has 9 nitrogen and oxygen atoms in total. The molecule has 2 amide bonds. The SMILES string of the molecule is CCOC(=O)CC1CCc2cc(NC(=O)c3ccc(C=NNC(=O)OC)cc3F)ccc2O1. The third-order valence-corrected chi connectivity index (χ3v) is 4.84. The lowest BCUT2D eigenvalue weighted by atomic mass is 10.00. The summed E-state index contributed by atoms with van der Waals surface area (Å²) in [4.78, 5) is 35.2. The van der Waals surface area contributed by atoms with E-state index in [1.165, 1.54) is 25.5 Å². The minimum atomic E-state index is -0.757. The summed E-state index contributed by atoms with van der Waals surface area (Å²) >= 11 is 0. The molecule has 0 aliphatic carbocycles. The molecule has 1 atom stereocenters. The summed E-state index contributed by atoms with van der Waals surface area (Å²) < 4.78 is 29.6. The van der Waals surface area contributed by atoms with Crippen LogP contribution in [0.4, 0.5) is 14.9 Å². The molecule has 0 aromatic heterocycles. The van der Waals surface area contributed by atoms with Crippen LogP contribution in [0, 0.1) is 5.82 Å². The van der Waals surface area contributed by atoms with E-state index in [1.54, 1.807) is 25.1 Å². The number of nitrogens with zero attached hydrogens (tertiary/aromatic N) is 1. The molecule has 0 radical (unpaired) electrons. The van der Waals surface area contributed by atoms with Crippen molar-refractivity contribution >= 4 is 29.9 Å². The molecule has 1 unspecified atom stereocenters. The topological polar surface area (TPSA) is 115 Å². The molecule has 1 aliphatic heterocycles. The second-order valence-electron chi connectivity index (χ2n) is 7.17. The van der Waals surface area contributed by atoms with Gasteiger partial charge in [-0.05, 0) is 61.2 Å². The number of halogens is 1. The van der Waals surface area contributed by atoms with Gasteiger partial charge in [0.1, 0.15) is 17.7 Å². The minimum Gasteiger partial charge on any atom is -0.490 e. The summed E-state index contributed by atoms with van der Waals surface area (Å²) in [5.41, 5.74) is 3.68. The molecule has 0 fully saturated rings. The van der Waals surface area contributed by atoms with Gasteiger partial charge in [0, 0.05) is 5.69 Å². The summed E-state index contributed by atoms with van der Waals surface area (Å²) in [5.74, 6) is -1.00. The largest absolute Gasteiger partial charge is 0.490 e. The van der Waals surface area contributed by atoms with Crippen molar-refractivity contribution in [3.05, 3.63) is 58.9 Å². The average Bonchev–Trinajstić information content (AvgIpc) is 2.79. The van der Waals surface area contributed by atoms with E-state index in [0.717, 1.165) is 11.6 Å². The quantitative estimate of drug-likeness (QED) is 0.374. The van der Waals surface area contributed by atoms with Gasteiger partial charge in [-0.3, -0.25) is 9.59 Å². The Balaban J connectivity index is 1.62. The second kappa shape index (κ2) is 11.1. The van der Waals surface area contributed by atoms with E-state index in [2.05, 4.69) is 20.6 Å². The number of hydrogen-bond donors (Lipinski definition) is 2. The Morgan fingerprint density at radius 2 is 2.06 bits per heavy atom. The highest BCUT2D eigenvalue weighted by molar-refractivity contribution is 6.04. The third kappa shape index (κ3) is 6.52. The molecule has 2 aromatic rings. The van der Waals surface area contributed by atoms with Crippen LogP contribution in [0.3, 0.4) is 0 Å². The van der Waals surface area contributed by atoms with Gasteiger partial charge >= 0.3 is 12.1 Å². The summed E-state index contributed by atoms with van der Waals surface area (Å²) in [7, 11) is 1.19. The number of esters is 1. The molecule has 174 valence electrons. The van der Waals surface area contributed by atoms with Crippen molar-refractivity contribution < 1.29 is 33.0 Å². The van der Waals surface area contributed by atoms with Gasteiger partial charge < -0.3 is 19.5 Å². The molecule has 33 heavy (non-hydrogen) atoms. The Bertz CT molecular complexity index is 1070. The number of carbonyl (C=O) groups is 3. The lowest BCUT2D eigenvalue weighted by Gasteiger charge is -2.26. The average molecular weight is 457 g/mol. The van der Waals surface area contributed by atoms with Crippen LogP contribution in [0.2, 0.25) is 0 Å². The van der Waals surface area contributed by atoms with Crippen LogP contribution in [0.1, 0.15) is 41.3 Å². The fourth-order valence-corrected chi connectivity index (χ4v) is 3.27. The molecule has 0 bridgehead atoms. The van der Waals surface area contributed by atoms with Crippen molar-refractivity contribution in [3.63, 3.8) is 0 Å². The summed E-state index contributed by atoms with van der Waals surface area (Å²) in [6, 6.07) is 9.08. The summed E-state index contributed by atoms with van der Waals surface area (Å²) in [6.07, 6.45) is 1.71. The Kier molecular flexibility index (Phi) is 7.96. The van der Waals surface area contributed by atoms with Crippen LogP contribution < -0.4 is 15.5 Å². The van der Waals surface area contributed by atoms with E-state index in [1.807, 2.05) is 0 Å². The van der Waals surface area contributed by atoms with Crippen LogP contribution in [-0.4, -0.2) is 44.0 Å². The van der Waals surface area contributed by atoms with Crippen molar-refractivity contribution in [1.82, 2.24) is 5.43 Å². The normalized spacial score (nSPS) is 14.7. The van der Waals surface area contributed by atoms with Crippen LogP contribution in [0.5, 0.6) is 5.75 Å². The summed E-state index contributed by atoms with van der Waals surface area (Å²) in [5, 5.41) is 6.29. The maximum atomic E-state index is 14.4. The maximum absolute atomic E-state index is 14.4. The van der Waals surface area contributed by atoms with Gasteiger partial charge in [0.15, 0.2) is 0 Å². The van der Waals surface area contributed by atoms with Gasteiger partial charge in [0.2, 0.25) is 0 Å². The number of rotatable bonds is 7. The van der Waals surface area contributed by atoms with Crippen LogP contribution in [0.15, 0.2) is 41.5 Å². The van der Waals surface area contributed by atoms with E-state index in [9.17, 15) is 18.8 Å². The first kappa shape index (κ1) is 23.7. The zero-order valence-corrected chi connectivity index (χ0v) is 18.2. The number of methoxy groups -OCH3 is 1. The Morgan fingerprint density at radius 3 is 2.79 bits per heavy atom. The molecule has 0 saturated carbocycles. The second-order valence-corrected chi connectivity index (χ2v) is 7.17. The number of amides is 2. The fraction of sp³-hybridized carbons (Fsp3) is 0.304. The van der Waals surface area contributed by atoms with E-state index in [0.29, 0.717) is 36.4 Å². The van der Waals surface area contributed by atoms with Crippen molar-refractivity contribution in [2.24, 2.45) is 5.10 Å². The number of ether oxygens (including phenoxy) is 3. The van der Waals surface area contributed by atoms with Crippen LogP contribution in [-0.2, 0) is 20.7 Å². The van der Waals surface area contributed by atoms with E-state index < -0.39 is 17.8 Å². The number of anilines is 1. The van der Waals surface area contributed by atoms with Gasteiger partial charge in [0.25, 0.3) is 5.91 Å². The molecule has 2 aromatic carbocycles. The zero-order chi connectivity index (χ0) is 23.8. The highest BCUT2D eigenvalue weighted by atomic mass is 19.1. The molecule has 10 heteroatoms. The maximum Gasteiger partial charge on any atom is 0.427 e. The highest BCUT2D eigenvalue weighted by Crippen LogP contribution is 2.31. The van der Waals surface area contributed by atoms with E-state index in [-0.39, 0.29) is 24.1 Å². The van der Waals surface area contributed by atoms with Gasteiger partial charge in [-0.25, -0.2) is 14.6 Å². The number of hydrazone groups is 1. The zero-order valence-electron chi connectivity index (χ0n) is 18.2. The van der Waals surface area contributed by atoms with Crippen molar-refractivity contribution in [2.45, 2.75) is 32.3 Å².